The molecule has 2 heterocycles. The van der Waals surface area contributed by atoms with E-state index in [0.717, 1.165) is 11.3 Å². The SMILES string of the molecule is CCOC(=O)c1nc(C(=O)Nc2cnccn2)cs1. The van der Waals surface area contributed by atoms with Crippen LogP contribution in [0.4, 0.5) is 5.82 Å². The van der Waals surface area contributed by atoms with Crippen molar-refractivity contribution < 1.29 is 14.3 Å². The van der Waals surface area contributed by atoms with Crippen molar-refractivity contribution >= 4 is 29.0 Å². The van der Waals surface area contributed by atoms with Crippen molar-refractivity contribution in [2.24, 2.45) is 0 Å². The lowest BCUT2D eigenvalue weighted by Crippen LogP contribution is -2.14. The van der Waals surface area contributed by atoms with E-state index in [4.69, 9.17) is 4.74 Å². The minimum Gasteiger partial charge on any atom is -0.461 e. The Morgan fingerprint density at radius 2 is 2.26 bits per heavy atom. The number of carbonyl (C=O) groups excluding carboxylic acids is 2. The molecule has 8 heteroatoms. The first-order valence-electron chi connectivity index (χ1n) is 5.40. The Morgan fingerprint density at radius 1 is 1.42 bits per heavy atom. The van der Waals surface area contributed by atoms with Crippen molar-refractivity contribution in [2.45, 2.75) is 6.92 Å². The lowest BCUT2D eigenvalue weighted by molar-refractivity contribution is 0.0526. The van der Waals surface area contributed by atoms with E-state index in [2.05, 4.69) is 20.3 Å². The van der Waals surface area contributed by atoms with Gasteiger partial charge in [0.2, 0.25) is 5.01 Å². The lowest BCUT2D eigenvalue weighted by Gasteiger charge is -2.00. The van der Waals surface area contributed by atoms with Crippen LogP contribution in [0.25, 0.3) is 0 Å². The highest BCUT2D eigenvalue weighted by atomic mass is 32.1. The zero-order valence-electron chi connectivity index (χ0n) is 9.99. The van der Waals surface area contributed by atoms with Crippen LogP contribution in [0.5, 0.6) is 0 Å². The number of esters is 1. The third kappa shape index (κ3) is 3.32. The van der Waals surface area contributed by atoms with Crippen molar-refractivity contribution in [3.05, 3.63) is 34.7 Å². The van der Waals surface area contributed by atoms with E-state index in [0.29, 0.717) is 5.82 Å². The highest BCUT2D eigenvalue weighted by molar-refractivity contribution is 7.11. The third-order valence-corrected chi connectivity index (χ3v) is 2.81. The number of anilines is 1. The number of nitrogens with one attached hydrogen (secondary N) is 1. The summed E-state index contributed by atoms with van der Waals surface area (Å²) >= 11 is 1.05. The highest BCUT2D eigenvalue weighted by Gasteiger charge is 2.16. The maximum atomic E-state index is 11.8. The van der Waals surface area contributed by atoms with Crippen LogP contribution >= 0.6 is 11.3 Å². The fourth-order valence-electron chi connectivity index (χ4n) is 1.21. The van der Waals surface area contributed by atoms with Gasteiger partial charge in [-0.25, -0.2) is 14.8 Å². The van der Waals surface area contributed by atoms with Crippen molar-refractivity contribution in [1.29, 1.82) is 0 Å². The Labute approximate surface area is 112 Å². The van der Waals surface area contributed by atoms with Crippen LogP contribution in [0, 0.1) is 0 Å². The van der Waals surface area contributed by atoms with E-state index in [1.807, 2.05) is 0 Å². The topological polar surface area (TPSA) is 94.1 Å². The second kappa shape index (κ2) is 6.01. The Kier molecular flexibility index (Phi) is 4.14. The normalized spacial score (nSPS) is 9.95. The van der Waals surface area contributed by atoms with Crippen LogP contribution in [-0.4, -0.2) is 33.4 Å². The summed E-state index contributed by atoms with van der Waals surface area (Å²) in [5.74, 6) is -0.670. The number of carbonyl (C=O) groups is 2. The summed E-state index contributed by atoms with van der Waals surface area (Å²) in [4.78, 5) is 34.9. The summed E-state index contributed by atoms with van der Waals surface area (Å²) in [7, 11) is 0. The van der Waals surface area contributed by atoms with E-state index in [-0.39, 0.29) is 17.3 Å². The van der Waals surface area contributed by atoms with Crippen LogP contribution in [0.1, 0.15) is 27.2 Å². The van der Waals surface area contributed by atoms with Crippen molar-refractivity contribution in [3.8, 4) is 0 Å². The van der Waals surface area contributed by atoms with Crippen molar-refractivity contribution in [1.82, 2.24) is 15.0 Å². The Morgan fingerprint density at radius 3 is 2.95 bits per heavy atom. The van der Waals surface area contributed by atoms with Crippen molar-refractivity contribution in [3.63, 3.8) is 0 Å². The fourth-order valence-corrected chi connectivity index (χ4v) is 1.90. The number of aromatic nitrogens is 3. The van der Waals surface area contributed by atoms with Gasteiger partial charge in [0.25, 0.3) is 5.91 Å². The molecule has 2 aromatic rings. The van der Waals surface area contributed by atoms with E-state index in [9.17, 15) is 9.59 Å². The summed E-state index contributed by atoms with van der Waals surface area (Å²) in [5, 5.41) is 4.15. The van der Waals surface area contributed by atoms with Crippen LogP contribution in [-0.2, 0) is 4.74 Å². The van der Waals surface area contributed by atoms with E-state index >= 15 is 0 Å². The molecule has 0 aliphatic rings. The number of hydrogen-bond acceptors (Lipinski definition) is 7. The molecule has 98 valence electrons. The van der Waals surface area contributed by atoms with Gasteiger partial charge >= 0.3 is 5.97 Å². The number of nitrogens with zero attached hydrogens (tertiary/aromatic N) is 3. The van der Waals surface area contributed by atoms with Crippen LogP contribution in [0.2, 0.25) is 0 Å². The summed E-state index contributed by atoms with van der Waals surface area (Å²) in [6, 6.07) is 0. The first kappa shape index (κ1) is 13.1. The van der Waals surface area contributed by atoms with Crippen molar-refractivity contribution in [2.75, 3.05) is 11.9 Å². The van der Waals surface area contributed by atoms with Gasteiger partial charge in [-0.15, -0.1) is 11.3 Å². The molecular weight excluding hydrogens is 268 g/mol. The molecule has 0 saturated heterocycles. The predicted molar refractivity (Wildman–Crippen MR) is 68.1 cm³/mol. The average molecular weight is 278 g/mol. The number of rotatable bonds is 4. The molecule has 0 saturated carbocycles. The molecule has 0 fully saturated rings. The number of ether oxygens (including phenoxy) is 1. The second-order valence-electron chi connectivity index (χ2n) is 3.30. The largest absolute Gasteiger partial charge is 0.461 e. The van der Waals surface area contributed by atoms with Gasteiger partial charge in [0.15, 0.2) is 5.82 Å². The molecule has 0 radical (unpaired) electrons. The molecule has 2 aromatic heterocycles. The molecule has 1 N–H and O–H groups in total. The summed E-state index contributed by atoms with van der Waals surface area (Å²) in [5.41, 5.74) is 0.138. The van der Waals surface area contributed by atoms with Crippen LogP contribution in [0.3, 0.4) is 0 Å². The van der Waals surface area contributed by atoms with E-state index < -0.39 is 11.9 Å². The first-order chi connectivity index (χ1) is 9.20. The van der Waals surface area contributed by atoms with Gasteiger partial charge in [-0.1, -0.05) is 0 Å². The fraction of sp³-hybridized carbons (Fsp3) is 0.182. The Hall–Kier alpha value is -2.35. The van der Waals surface area contributed by atoms with E-state index in [1.165, 1.54) is 24.0 Å². The molecule has 0 aromatic carbocycles. The summed E-state index contributed by atoms with van der Waals surface area (Å²) in [6.07, 6.45) is 4.37. The van der Waals surface area contributed by atoms with Crippen LogP contribution < -0.4 is 5.32 Å². The Balaban J connectivity index is 2.06. The quantitative estimate of drug-likeness (QED) is 0.849. The molecule has 0 aliphatic heterocycles. The zero-order chi connectivity index (χ0) is 13.7. The molecule has 0 spiro atoms. The summed E-state index contributed by atoms with van der Waals surface area (Å²) in [6.45, 7) is 1.97. The van der Waals surface area contributed by atoms with E-state index in [1.54, 1.807) is 6.92 Å². The molecule has 7 nitrogen and oxygen atoms in total. The second-order valence-corrected chi connectivity index (χ2v) is 4.16. The minimum atomic E-state index is -0.536. The predicted octanol–water partition coefficient (Wildman–Crippen LogP) is 1.36. The zero-order valence-corrected chi connectivity index (χ0v) is 10.8. The molecule has 0 bridgehead atoms. The standard InChI is InChI=1S/C11H10N4O3S/c1-2-18-11(17)10-14-7(6-19-10)9(16)15-8-5-12-3-4-13-8/h3-6H,2H2,1H3,(H,13,15,16). The van der Waals surface area contributed by atoms with Gasteiger partial charge in [-0.05, 0) is 6.92 Å². The molecule has 2 rings (SSSR count). The molecular formula is C11H10N4O3S. The molecule has 0 atom stereocenters. The number of hydrogen-bond donors (Lipinski definition) is 1. The third-order valence-electron chi connectivity index (χ3n) is 1.99. The number of thiazole rings is 1. The van der Waals surface area contributed by atoms with Gasteiger partial charge in [0, 0.05) is 17.8 Å². The number of amides is 1. The lowest BCUT2D eigenvalue weighted by atomic mass is 10.4. The smallest absolute Gasteiger partial charge is 0.367 e. The van der Waals surface area contributed by atoms with Gasteiger partial charge in [-0.3, -0.25) is 9.78 Å². The maximum Gasteiger partial charge on any atom is 0.367 e. The first-order valence-corrected chi connectivity index (χ1v) is 6.28. The average Bonchev–Trinajstić information content (AvgIpc) is 2.90. The van der Waals surface area contributed by atoms with Gasteiger partial charge < -0.3 is 10.1 Å². The maximum absolute atomic E-state index is 11.8. The highest BCUT2D eigenvalue weighted by Crippen LogP contribution is 2.12. The molecule has 1 amide bonds. The van der Waals surface area contributed by atoms with Crippen LogP contribution in [0.15, 0.2) is 24.0 Å². The molecule has 0 unspecified atom stereocenters. The van der Waals surface area contributed by atoms with Gasteiger partial charge in [0.1, 0.15) is 5.69 Å². The Bertz CT molecular complexity index is 585. The monoisotopic (exact) mass is 278 g/mol. The summed E-state index contributed by atoms with van der Waals surface area (Å²) < 4.78 is 4.79. The van der Waals surface area contributed by atoms with Gasteiger partial charge in [0.05, 0.1) is 12.8 Å². The minimum absolute atomic E-state index is 0.138. The molecule has 0 aliphatic carbocycles. The van der Waals surface area contributed by atoms with Gasteiger partial charge in [-0.2, -0.15) is 0 Å². The molecule has 19 heavy (non-hydrogen) atoms.